The summed E-state index contributed by atoms with van der Waals surface area (Å²) in [4.78, 5) is 11.9. The van der Waals surface area contributed by atoms with Crippen LogP contribution in [0.5, 0.6) is 6.01 Å². The summed E-state index contributed by atoms with van der Waals surface area (Å²) in [7, 11) is 0. The van der Waals surface area contributed by atoms with Crippen LogP contribution in [0, 0.1) is 0 Å². The van der Waals surface area contributed by atoms with Gasteiger partial charge in [-0.2, -0.15) is 15.0 Å². The van der Waals surface area contributed by atoms with Gasteiger partial charge in [-0.25, -0.2) is 0 Å². The van der Waals surface area contributed by atoms with Gasteiger partial charge in [0.1, 0.15) is 0 Å². The molecule has 0 bridgehead atoms. The van der Waals surface area contributed by atoms with E-state index in [-0.39, 0.29) is 17.2 Å². The molecule has 100 valence electrons. The van der Waals surface area contributed by atoms with Crippen LogP contribution in [0.15, 0.2) is 22.7 Å². The van der Waals surface area contributed by atoms with E-state index in [1.807, 2.05) is 13.0 Å². The van der Waals surface area contributed by atoms with Crippen molar-refractivity contribution in [3.8, 4) is 6.01 Å². The molecule has 0 aliphatic heterocycles. The molecule has 0 atom stereocenters. The minimum Gasteiger partial charge on any atom is -0.464 e. The summed E-state index contributed by atoms with van der Waals surface area (Å²) in [6.45, 7) is 2.28. The molecular formula is C11H9BrCl2N4O. The first-order chi connectivity index (χ1) is 9.08. The summed E-state index contributed by atoms with van der Waals surface area (Å²) in [5.74, 6) is 0.284. The van der Waals surface area contributed by atoms with E-state index < -0.39 is 0 Å². The SMILES string of the molecule is CCOc1nc(Cl)nc(Nc2cc(Cl)ccc2Br)n1. The summed E-state index contributed by atoms with van der Waals surface area (Å²) < 4.78 is 6.02. The van der Waals surface area contributed by atoms with Crippen molar-refractivity contribution in [3.05, 3.63) is 33.0 Å². The molecule has 1 aromatic carbocycles. The number of halogens is 3. The van der Waals surface area contributed by atoms with Crippen LogP contribution in [0.3, 0.4) is 0 Å². The Hall–Kier alpha value is -1.11. The second-order valence-corrected chi connectivity index (χ2v) is 5.02. The highest BCUT2D eigenvalue weighted by Gasteiger charge is 2.08. The van der Waals surface area contributed by atoms with Gasteiger partial charge in [-0.1, -0.05) is 11.6 Å². The fourth-order valence-corrected chi connectivity index (χ4v) is 1.97. The van der Waals surface area contributed by atoms with Gasteiger partial charge in [0, 0.05) is 9.50 Å². The molecule has 1 heterocycles. The third kappa shape index (κ3) is 3.92. The normalized spacial score (nSPS) is 10.3. The molecule has 0 saturated heterocycles. The van der Waals surface area contributed by atoms with Crippen molar-refractivity contribution >= 4 is 50.8 Å². The highest BCUT2D eigenvalue weighted by Crippen LogP contribution is 2.28. The zero-order chi connectivity index (χ0) is 13.8. The largest absolute Gasteiger partial charge is 0.464 e. The topological polar surface area (TPSA) is 59.9 Å². The molecule has 8 heteroatoms. The zero-order valence-corrected chi connectivity index (χ0v) is 12.9. The molecule has 1 aromatic heterocycles. The molecule has 0 fully saturated rings. The van der Waals surface area contributed by atoms with E-state index in [4.69, 9.17) is 27.9 Å². The molecule has 1 N–H and O–H groups in total. The number of nitrogens with one attached hydrogen (secondary N) is 1. The first-order valence-corrected chi connectivity index (χ1v) is 6.90. The van der Waals surface area contributed by atoms with Crippen LogP contribution in [0.25, 0.3) is 0 Å². The number of rotatable bonds is 4. The van der Waals surface area contributed by atoms with Gasteiger partial charge in [0.25, 0.3) is 0 Å². The zero-order valence-electron chi connectivity index (χ0n) is 9.82. The van der Waals surface area contributed by atoms with Crippen molar-refractivity contribution in [2.24, 2.45) is 0 Å². The van der Waals surface area contributed by atoms with E-state index >= 15 is 0 Å². The Morgan fingerprint density at radius 1 is 1.26 bits per heavy atom. The number of hydrogen-bond acceptors (Lipinski definition) is 5. The maximum Gasteiger partial charge on any atom is 0.322 e. The molecule has 2 aromatic rings. The van der Waals surface area contributed by atoms with Gasteiger partial charge in [0.2, 0.25) is 11.2 Å². The van der Waals surface area contributed by atoms with E-state index in [9.17, 15) is 0 Å². The minimum absolute atomic E-state index is 0.0547. The number of nitrogens with zero attached hydrogens (tertiary/aromatic N) is 3. The summed E-state index contributed by atoms with van der Waals surface area (Å²) in [5.41, 5.74) is 0.720. The van der Waals surface area contributed by atoms with Crippen LogP contribution in [0.4, 0.5) is 11.6 Å². The molecule has 19 heavy (non-hydrogen) atoms. The Morgan fingerprint density at radius 3 is 2.79 bits per heavy atom. The molecular weight excluding hydrogens is 355 g/mol. The molecule has 0 unspecified atom stereocenters. The van der Waals surface area contributed by atoms with Crippen molar-refractivity contribution in [1.82, 2.24) is 15.0 Å². The Morgan fingerprint density at radius 2 is 2.05 bits per heavy atom. The number of ether oxygens (including phenoxy) is 1. The minimum atomic E-state index is 0.0547. The average molecular weight is 364 g/mol. The van der Waals surface area contributed by atoms with E-state index in [1.165, 1.54) is 0 Å². The summed E-state index contributed by atoms with van der Waals surface area (Å²) in [5, 5.41) is 3.64. The molecule has 5 nitrogen and oxygen atoms in total. The van der Waals surface area contributed by atoms with Gasteiger partial charge in [-0.15, -0.1) is 0 Å². The third-order valence-corrected chi connectivity index (χ3v) is 3.13. The lowest BCUT2D eigenvalue weighted by atomic mass is 10.3. The Kier molecular flexibility index (Phi) is 4.79. The van der Waals surface area contributed by atoms with Gasteiger partial charge in [-0.05, 0) is 52.7 Å². The average Bonchev–Trinajstić information content (AvgIpc) is 2.33. The number of benzene rings is 1. The van der Waals surface area contributed by atoms with Crippen LogP contribution in [-0.2, 0) is 0 Å². The van der Waals surface area contributed by atoms with Crippen molar-refractivity contribution in [3.63, 3.8) is 0 Å². The Labute approximate surface area is 128 Å². The lowest BCUT2D eigenvalue weighted by Crippen LogP contribution is -2.04. The first-order valence-electron chi connectivity index (χ1n) is 5.35. The summed E-state index contributed by atoms with van der Waals surface area (Å²) in [6.07, 6.45) is 0. The van der Waals surface area contributed by atoms with E-state index in [0.717, 1.165) is 10.2 Å². The molecule has 0 aliphatic carbocycles. The predicted octanol–water partition coefficient (Wildman–Crippen LogP) is 4.08. The fourth-order valence-electron chi connectivity index (χ4n) is 1.30. The lowest BCUT2D eigenvalue weighted by molar-refractivity contribution is 0.312. The van der Waals surface area contributed by atoms with Crippen molar-refractivity contribution in [1.29, 1.82) is 0 Å². The molecule has 0 spiro atoms. The van der Waals surface area contributed by atoms with E-state index in [0.29, 0.717) is 11.6 Å². The van der Waals surface area contributed by atoms with Gasteiger partial charge in [0.05, 0.1) is 12.3 Å². The van der Waals surface area contributed by atoms with Gasteiger partial charge < -0.3 is 10.1 Å². The number of hydrogen-bond donors (Lipinski definition) is 1. The standard InChI is InChI=1S/C11H9BrCl2N4O/c1-2-19-11-17-9(14)16-10(18-11)15-8-5-6(13)3-4-7(8)12/h3-5H,2H2,1H3,(H,15,16,17,18). The quantitative estimate of drug-likeness (QED) is 0.886. The lowest BCUT2D eigenvalue weighted by Gasteiger charge is -2.08. The van der Waals surface area contributed by atoms with Crippen LogP contribution in [0.2, 0.25) is 10.3 Å². The second-order valence-electron chi connectivity index (χ2n) is 3.39. The molecule has 0 amide bonds. The Bertz CT molecular complexity index is 597. The molecule has 0 radical (unpaired) electrons. The molecule has 0 saturated carbocycles. The van der Waals surface area contributed by atoms with E-state index in [2.05, 4.69) is 36.2 Å². The van der Waals surface area contributed by atoms with Crippen LogP contribution >= 0.6 is 39.1 Å². The smallest absolute Gasteiger partial charge is 0.322 e. The molecule has 2 rings (SSSR count). The third-order valence-electron chi connectivity index (χ3n) is 2.04. The first kappa shape index (κ1) is 14.3. The van der Waals surface area contributed by atoms with Crippen LogP contribution in [0.1, 0.15) is 6.92 Å². The number of anilines is 2. The van der Waals surface area contributed by atoms with Crippen LogP contribution in [-0.4, -0.2) is 21.6 Å². The highest BCUT2D eigenvalue weighted by atomic mass is 79.9. The van der Waals surface area contributed by atoms with Gasteiger partial charge >= 0.3 is 6.01 Å². The van der Waals surface area contributed by atoms with Gasteiger partial charge in [0.15, 0.2) is 0 Å². The summed E-state index contributed by atoms with van der Waals surface area (Å²) in [6, 6.07) is 5.49. The second kappa shape index (κ2) is 6.36. The van der Waals surface area contributed by atoms with Crippen molar-refractivity contribution < 1.29 is 4.74 Å². The molecule has 0 aliphatic rings. The maximum atomic E-state index is 5.93. The fraction of sp³-hybridized carbons (Fsp3) is 0.182. The highest BCUT2D eigenvalue weighted by molar-refractivity contribution is 9.10. The summed E-state index contributed by atoms with van der Waals surface area (Å²) >= 11 is 15.1. The van der Waals surface area contributed by atoms with Crippen molar-refractivity contribution in [2.75, 3.05) is 11.9 Å². The van der Waals surface area contributed by atoms with Crippen molar-refractivity contribution in [2.45, 2.75) is 6.92 Å². The Balaban J connectivity index is 2.29. The maximum absolute atomic E-state index is 5.93. The van der Waals surface area contributed by atoms with Gasteiger partial charge in [-0.3, -0.25) is 0 Å². The predicted molar refractivity (Wildman–Crippen MR) is 78.4 cm³/mol. The number of aromatic nitrogens is 3. The van der Waals surface area contributed by atoms with E-state index in [1.54, 1.807) is 12.1 Å². The van der Waals surface area contributed by atoms with Crippen LogP contribution < -0.4 is 10.1 Å². The monoisotopic (exact) mass is 362 g/mol.